The Bertz CT molecular complexity index is 1260. The molecule has 1 aliphatic rings. The van der Waals surface area contributed by atoms with Crippen molar-refractivity contribution in [3.05, 3.63) is 70.6 Å². The van der Waals surface area contributed by atoms with Gasteiger partial charge in [-0.25, -0.2) is 0 Å². The number of rotatable bonds is 6. The number of piperidine rings is 1. The minimum absolute atomic E-state index is 0.0601. The molecule has 7 heteroatoms. The summed E-state index contributed by atoms with van der Waals surface area (Å²) in [6.07, 6.45) is 2.94. The average Bonchev–Trinajstić information content (AvgIpc) is 2.83. The molecule has 0 radical (unpaired) electrons. The zero-order valence-corrected chi connectivity index (χ0v) is 19.9. The molecule has 1 saturated heterocycles. The molecule has 0 unspecified atom stereocenters. The number of carbonyl (C=O) groups excluding carboxylic acids is 2. The molecule has 34 heavy (non-hydrogen) atoms. The van der Waals surface area contributed by atoms with Crippen molar-refractivity contribution in [3.8, 4) is 11.4 Å². The summed E-state index contributed by atoms with van der Waals surface area (Å²) < 4.78 is 6.75. The molecule has 2 aromatic carbocycles. The Kier molecular flexibility index (Phi) is 7.01. The third-order valence-corrected chi connectivity index (χ3v) is 6.35. The van der Waals surface area contributed by atoms with Gasteiger partial charge < -0.3 is 15.0 Å². The Balaban J connectivity index is 1.56. The normalized spacial score (nSPS) is 18.0. The van der Waals surface area contributed by atoms with Gasteiger partial charge in [0.2, 0.25) is 5.91 Å². The number of amides is 2. The minimum Gasteiger partial charge on any atom is -0.497 e. The fourth-order valence-electron chi connectivity index (χ4n) is 4.83. The van der Waals surface area contributed by atoms with E-state index in [1.54, 1.807) is 61.8 Å². The maximum absolute atomic E-state index is 13.2. The fourth-order valence-corrected chi connectivity index (χ4v) is 4.83. The van der Waals surface area contributed by atoms with Gasteiger partial charge in [0.1, 0.15) is 5.75 Å². The van der Waals surface area contributed by atoms with Crippen LogP contribution in [0.25, 0.3) is 16.5 Å². The summed E-state index contributed by atoms with van der Waals surface area (Å²) in [5.41, 5.74) is 0.766. The molecular weight excluding hydrogens is 430 g/mol. The van der Waals surface area contributed by atoms with E-state index in [9.17, 15) is 14.4 Å². The molecule has 178 valence electrons. The predicted octanol–water partition coefficient (Wildman–Crippen LogP) is 3.62. The first-order chi connectivity index (χ1) is 16.4. The van der Waals surface area contributed by atoms with Crippen LogP contribution in [0.5, 0.6) is 5.75 Å². The summed E-state index contributed by atoms with van der Waals surface area (Å²) in [5.74, 6) is 1.34. The largest absolute Gasteiger partial charge is 0.497 e. The standard InChI is InChI=1S/C27H31N3O4/c1-18-13-19(2)16-29(15-18)25(31)11-12-28-26(32)24-17-30(20-7-6-8-21(14-20)34-3)27(33)23-10-5-4-9-22(23)24/h4-10,14,17-19H,11-13,15-16H2,1-3H3,(H,28,32)/t18-,19-/m0/s1. The Morgan fingerprint density at radius 1 is 1.03 bits per heavy atom. The van der Waals surface area contributed by atoms with Crippen LogP contribution in [0.4, 0.5) is 0 Å². The van der Waals surface area contributed by atoms with Gasteiger partial charge in [-0.05, 0) is 36.5 Å². The fraction of sp³-hybridized carbons (Fsp3) is 0.370. The number of benzene rings is 2. The van der Waals surface area contributed by atoms with E-state index in [0.717, 1.165) is 19.5 Å². The van der Waals surface area contributed by atoms with Gasteiger partial charge >= 0.3 is 0 Å². The number of carbonyl (C=O) groups is 2. The molecule has 1 fully saturated rings. The number of fused-ring (bicyclic) bond motifs is 1. The average molecular weight is 462 g/mol. The highest BCUT2D eigenvalue weighted by atomic mass is 16.5. The van der Waals surface area contributed by atoms with Crippen LogP contribution in [0.1, 0.15) is 37.0 Å². The van der Waals surface area contributed by atoms with Crippen LogP contribution in [0.15, 0.2) is 59.5 Å². The lowest BCUT2D eigenvalue weighted by Crippen LogP contribution is -2.43. The van der Waals surface area contributed by atoms with E-state index in [1.165, 1.54) is 4.57 Å². The van der Waals surface area contributed by atoms with E-state index in [4.69, 9.17) is 4.74 Å². The second-order valence-corrected chi connectivity index (χ2v) is 9.22. The van der Waals surface area contributed by atoms with Gasteiger partial charge in [0.05, 0.1) is 18.4 Å². The predicted molar refractivity (Wildman–Crippen MR) is 133 cm³/mol. The van der Waals surface area contributed by atoms with Crippen molar-refractivity contribution in [2.24, 2.45) is 11.8 Å². The van der Waals surface area contributed by atoms with Crippen molar-refractivity contribution < 1.29 is 14.3 Å². The zero-order valence-electron chi connectivity index (χ0n) is 19.9. The number of likely N-dealkylation sites (tertiary alicyclic amines) is 1. The quantitative estimate of drug-likeness (QED) is 0.608. The highest BCUT2D eigenvalue weighted by Gasteiger charge is 2.25. The highest BCUT2D eigenvalue weighted by Crippen LogP contribution is 2.22. The van der Waals surface area contributed by atoms with Crippen molar-refractivity contribution in [1.29, 1.82) is 0 Å². The maximum atomic E-state index is 13.2. The number of methoxy groups -OCH3 is 1. The summed E-state index contributed by atoms with van der Waals surface area (Å²) in [6, 6.07) is 14.2. The summed E-state index contributed by atoms with van der Waals surface area (Å²) >= 11 is 0. The Hall–Kier alpha value is -3.61. The van der Waals surface area contributed by atoms with Crippen LogP contribution in [-0.4, -0.2) is 48.0 Å². The number of nitrogens with zero attached hydrogens (tertiary/aromatic N) is 2. The van der Waals surface area contributed by atoms with Gasteiger partial charge in [0, 0.05) is 49.1 Å². The van der Waals surface area contributed by atoms with Crippen LogP contribution in [0.2, 0.25) is 0 Å². The number of aromatic nitrogens is 1. The third kappa shape index (κ3) is 4.98. The van der Waals surface area contributed by atoms with Gasteiger partial charge in [0.15, 0.2) is 0 Å². The molecule has 4 rings (SSSR count). The first kappa shape index (κ1) is 23.5. The molecule has 0 saturated carbocycles. The molecule has 3 aromatic rings. The maximum Gasteiger partial charge on any atom is 0.262 e. The van der Waals surface area contributed by atoms with Gasteiger partial charge in [-0.2, -0.15) is 0 Å². The summed E-state index contributed by atoms with van der Waals surface area (Å²) in [7, 11) is 1.56. The lowest BCUT2D eigenvalue weighted by Gasteiger charge is -2.35. The SMILES string of the molecule is COc1cccc(-n2cc(C(=O)NCCC(=O)N3C[C@@H](C)C[C@H](C)C3)c3ccccc3c2=O)c1. The Labute approximate surface area is 199 Å². The number of pyridine rings is 1. The minimum atomic E-state index is -0.318. The van der Waals surface area contributed by atoms with E-state index in [-0.39, 0.29) is 30.3 Å². The van der Waals surface area contributed by atoms with Gasteiger partial charge in [-0.3, -0.25) is 19.0 Å². The molecule has 2 amide bonds. The van der Waals surface area contributed by atoms with Crippen molar-refractivity contribution in [2.75, 3.05) is 26.7 Å². The van der Waals surface area contributed by atoms with E-state index in [1.807, 2.05) is 4.90 Å². The lowest BCUT2D eigenvalue weighted by atomic mass is 9.92. The van der Waals surface area contributed by atoms with E-state index in [0.29, 0.717) is 39.6 Å². The van der Waals surface area contributed by atoms with Crippen LogP contribution in [0.3, 0.4) is 0 Å². The second-order valence-electron chi connectivity index (χ2n) is 9.22. The highest BCUT2D eigenvalue weighted by molar-refractivity contribution is 6.06. The van der Waals surface area contributed by atoms with Gasteiger partial charge in [-0.15, -0.1) is 0 Å². The molecule has 0 aliphatic carbocycles. The van der Waals surface area contributed by atoms with Crippen molar-refractivity contribution in [3.63, 3.8) is 0 Å². The van der Waals surface area contributed by atoms with Crippen molar-refractivity contribution >= 4 is 22.6 Å². The molecule has 7 nitrogen and oxygen atoms in total. The van der Waals surface area contributed by atoms with Crippen LogP contribution < -0.4 is 15.6 Å². The topological polar surface area (TPSA) is 80.6 Å². The summed E-state index contributed by atoms with van der Waals surface area (Å²) in [6.45, 7) is 6.12. The smallest absolute Gasteiger partial charge is 0.262 e. The Morgan fingerprint density at radius 3 is 2.44 bits per heavy atom. The zero-order chi connectivity index (χ0) is 24.2. The van der Waals surface area contributed by atoms with E-state index < -0.39 is 0 Å². The molecule has 0 spiro atoms. The summed E-state index contributed by atoms with van der Waals surface area (Å²) in [5, 5.41) is 3.91. The summed E-state index contributed by atoms with van der Waals surface area (Å²) in [4.78, 5) is 40.9. The first-order valence-corrected chi connectivity index (χ1v) is 11.7. The van der Waals surface area contributed by atoms with E-state index in [2.05, 4.69) is 19.2 Å². The van der Waals surface area contributed by atoms with Crippen molar-refractivity contribution in [1.82, 2.24) is 14.8 Å². The molecule has 1 aliphatic heterocycles. The lowest BCUT2D eigenvalue weighted by molar-refractivity contribution is -0.133. The van der Waals surface area contributed by atoms with Gasteiger partial charge in [-0.1, -0.05) is 38.1 Å². The van der Waals surface area contributed by atoms with Crippen LogP contribution >= 0.6 is 0 Å². The molecule has 1 N–H and O–H groups in total. The number of hydrogen-bond acceptors (Lipinski definition) is 4. The molecule has 2 atom stereocenters. The molecule has 1 aromatic heterocycles. The molecular formula is C27H31N3O4. The third-order valence-electron chi connectivity index (χ3n) is 6.35. The van der Waals surface area contributed by atoms with E-state index >= 15 is 0 Å². The number of hydrogen-bond donors (Lipinski definition) is 1. The van der Waals surface area contributed by atoms with Crippen LogP contribution in [-0.2, 0) is 4.79 Å². The Morgan fingerprint density at radius 2 is 1.74 bits per heavy atom. The van der Waals surface area contributed by atoms with Crippen molar-refractivity contribution in [2.45, 2.75) is 26.7 Å². The molecule has 2 heterocycles. The number of nitrogens with one attached hydrogen (secondary N) is 1. The van der Waals surface area contributed by atoms with Crippen LogP contribution in [0, 0.1) is 11.8 Å². The first-order valence-electron chi connectivity index (χ1n) is 11.7. The van der Waals surface area contributed by atoms with Gasteiger partial charge in [0.25, 0.3) is 11.5 Å². The number of ether oxygens (including phenoxy) is 1. The second kappa shape index (κ2) is 10.1. The molecule has 0 bridgehead atoms. The monoisotopic (exact) mass is 461 g/mol.